The van der Waals surface area contributed by atoms with Gasteiger partial charge in [-0.25, -0.2) is 0 Å². The van der Waals surface area contributed by atoms with Crippen LogP contribution in [0.5, 0.6) is 11.5 Å². The Labute approximate surface area is 121 Å². The molecule has 0 unspecified atom stereocenters. The maximum Gasteiger partial charge on any atom is 0.165 e. The Bertz CT molecular complexity index is 394. The molecule has 0 aliphatic heterocycles. The third kappa shape index (κ3) is 5.29. The quantitative estimate of drug-likeness (QED) is 0.735. The van der Waals surface area contributed by atoms with Gasteiger partial charge in [0.1, 0.15) is 0 Å². The summed E-state index contributed by atoms with van der Waals surface area (Å²) in [6.07, 6.45) is 1.15. The minimum Gasteiger partial charge on any atom is -0.493 e. The Kier molecular flexibility index (Phi) is 7.03. The topological polar surface area (TPSA) is 30.5 Å². The van der Waals surface area contributed by atoms with E-state index in [1.54, 1.807) is 13.2 Å². The van der Waals surface area contributed by atoms with E-state index >= 15 is 0 Å². The summed E-state index contributed by atoms with van der Waals surface area (Å²) in [5, 5.41) is 4.08. The van der Waals surface area contributed by atoms with Crippen LogP contribution < -0.4 is 14.8 Å². The van der Waals surface area contributed by atoms with Crippen LogP contribution in [-0.4, -0.2) is 20.3 Å². The fraction of sp³-hybridized carbons (Fsp3) is 0.600. The van der Waals surface area contributed by atoms with Gasteiger partial charge in [0.05, 0.1) is 13.7 Å². The molecule has 0 atom stereocenters. The van der Waals surface area contributed by atoms with Crippen molar-refractivity contribution in [1.82, 2.24) is 5.32 Å². The van der Waals surface area contributed by atoms with Gasteiger partial charge in [0.15, 0.2) is 11.5 Å². The van der Waals surface area contributed by atoms with Gasteiger partial charge in [0.25, 0.3) is 0 Å². The van der Waals surface area contributed by atoms with Gasteiger partial charge in [-0.1, -0.05) is 25.4 Å². The number of benzene rings is 1. The molecule has 0 spiro atoms. The molecule has 1 aromatic rings. The van der Waals surface area contributed by atoms with E-state index in [4.69, 9.17) is 21.1 Å². The summed E-state index contributed by atoms with van der Waals surface area (Å²) < 4.78 is 11.0. The molecule has 0 aliphatic carbocycles. The SMILES string of the molecule is CCOc1c(CNCCC(C)C)cc(Cl)cc1OC. The van der Waals surface area contributed by atoms with Crippen molar-refractivity contribution in [2.24, 2.45) is 5.92 Å². The summed E-state index contributed by atoms with van der Waals surface area (Å²) >= 11 is 6.10. The summed E-state index contributed by atoms with van der Waals surface area (Å²) in [7, 11) is 1.63. The fourth-order valence-corrected chi connectivity index (χ4v) is 2.06. The molecule has 0 heterocycles. The van der Waals surface area contributed by atoms with E-state index in [9.17, 15) is 0 Å². The summed E-state index contributed by atoms with van der Waals surface area (Å²) in [6, 6.07) is 3.71. The number of nitrogens with one attached hydrogen (secondary N) is 1. The van der Waals surface area contributed by atoms with Gasteiger partial charge in [-0.15, -0.1) is 0 Å². The number of ether oxygens (including phenoxy) is 2. The third-order valence-corrected chi connectivity index (χ3v) is 3.04. The fourth-order valence-electron chi connectivity index (χ4n) is 1.83. The molecule has 0 saturated heterocycles. The van der Waals surface area contributed by atoms with E-state index in [0.717, 1.165) is 30.8 Å². The van der Waals surface area contributed by atoms with E-state index in [1.165, 1.54) is 0 Å². The first kappa shape index (κ1) is 16.1. The van der Waals surface area contributed by atoms with Gasteiger partial charge in [-0.05, 0) is 31.9 Å². The van der Waals surface area contributed by atoms with Crippen LogP contribution in [0.2, 0.25) is 5.02 Å². The second-order valence-electron chi connectivity index (χ2n) is 4.89. The van der Waals surface area contributed by atoms with Crippen molar-refractivity contribution in [2.45, 2.75) is 33.7 Å². The van der Waals surface area contributed by atoms with Crippen molar-refractivity contribution < 1.29 is 9.47 Å². The van der Waals surface area contributed by atoms with Gasteiger partial charge in [-0.2, -0.15) is 0 Å². The lowest BCUT2D eigenvalue weighted by atomic mass is 10.1. The van der Waals surface area contributed by atoms with Crippen molar-refractivity contribution in [2.75, 3.05) is 20.3 Å². The molecule has 0 aliphatic rings. The molecule has 0 aromatic heterocycles. The highest BCUT2D eigenvalue weighted by Gasteiger charge is 2.12. The van der Waals surface area contributed by atoms with Crippen LogP contribution in [0.3, 0.4) is 0 Å². The molecular formula is C15H24ClNO2. The van der Waals surface area contributed by atoms with E-state index in [-0.39, 0.29) is 0 Å². The Morgan fingerprint density at radius 3 is 2.63 bits per heavy atom. The van der Waals surface area contributed by atoms with Gasteiger partial charge in [0.2, 0.25) is 0 Å². The maximum absolute atomic E-state index is 6.10. The van der Waals surface area contributed by atoms with Gasteiger partial charge in [-0.3, -0.25) is 0 Å². The monoisotopic (exact) mass is 285 g/mol. The molecule has 0 saturated carbocycles. The number of methoxy groups -OCH3 is 1. The largest absolute Gasteiger partial charge is 0.493 e. The smallest absolute Gasteiger partial charge is 0.165 e. The molecule has 0 radical (unpaired) electrons. The van der Waals surface area contributed by atoms with Crippen molar-refractivity contribution in [3.63, 3.8) is 0 Å². The van der Waals surface area contributed by atoms with E-state index < -0.39 is 0 Å². The van der Waals surface area contributed by atoms with Crippen LogP contribution in [0, 0.1) is 5.92 Å². The van der Waals surface area contributed by atoms with Crippen LogP contribution in [0.4, 0.5) is 0 Å². The Balaban J connectivity index is 2.76. The van der Waals surface area contributed by atoms with E-state index in [0.29, 0.717) is 23.3 Å². The molecule has 1 rings (SSSR count). The van der Waals surface area contributed by atoms with Crippen LogP contribution in [-0.2, 0) is 6.54 Å². The first-order valence-electron chi connectivity index (χ1n) is 6.78. The Hall–Kier alpha value is -0.930. The lowest BCUT2D eigenvalue weighted by Gasteiger charge is -2.15. The number of halogens is 1. The molecule has 0 bridgehead atoms. The average Bonchev–Trinajstić information content (AvgIpc) is 2.36. The number of hydrogen-bond donors (Lipinski definition) is 1. The first-order valence-corrected chi connectivity index (χ1v) is 7.16. The van der Waals surface area contributed by atoms with Crippen molar-refractivity contribution in [3.8, 4) is 11.5 Å². The lowest BCUT2D eigenvalue weighted by molar-refractivity contribution is 0.306. The zero-order valence-electron chi connectivity index (χ0n) is 12.3. The summed E-state index contributed by atoms with van der Waals surface area (Å²) in [5.74, 6) is 2.18. The zero-order chi connectivity index (χ0) is 14.3. The van der Waals surface area contributed by atoms with Crippen molar-refractivity contribution >= 4 is 11.6 Å². The molecule has 1 aromatic carbocycles. The maximum atomic E-state index is 6.10. The second-order valence-corrected chi connectivity index (χ2v) is 5.33. The highest BCUT2D eigenvalue weighted by molar-refractivity contribution is 6.30. The molecule has 0 amide bonds. The molecule has 19 heavy (non-hydrogen) atoms. The molecule has 0 fully saturated rings. The summed E-state index contributed by atoms with van der Waals surface area (Å²) in [4.78, 5) is 0. The minimum absolute atomic E-state index is 0.608. The van der Waals surface area contributed by atoms with E-state index in [1.807, 2.05) is 13.0 Å². The molecular weight excluding hydrogens is 262 g/mol. The number of hydrogen-bond acceptors (Lipinski definition) is 3. The summed E-state index contributed by atoms with van der Waals surface area (Å²) in [5.41, 5.74) is 1.04. The molecule has 108 valence electrons. The van der Waals surface area contributed by atoms with Crippen LogP contribution in [0.25, 0.3) is 0 Å². The average molecular weight is 286 g/mol. The van der Waals surface area contributed by atoms with E-state index in [2.05, 4.69) is 19.2 Å². The van der Waals surface area contributed by atoms with Gasteiger partial charge in [0, 0.05) is 23.2 Å². The van der Waals surface area contributed by atoms with Crippen LogP contribution in [0.1, 0.15) is 32.8 Å². The van der Waals surface area contributed by atoms with Crippen LogP contribution >= 0.6 is 11.6 Å². The van der Waals surface area contributed by atoms with Crippen LogP contribution in [0.15, 0.2) is 12.1 Å². The number of rotatable bonds is 8. The Morgan fingerprint density at radius 2 is 2.05 bits per heavy atom. The molecule has 3 nitrogen and oxygen atoms in total. The third-order valence-electron chi connectivity index (χ3n) is 2.82. The Morgan fingerprint density at radius 1 is 1.32 bits per heavy atom. The summed E-state index contributed by atoms with van der Waals surface area (Å²) in [6.45, 7) is 8.73. The van der Waals surface area contributed by atoms with Crippen molar-refractivity contribution in [3.05, 3.63) is 22.7 Å². The minimum atomic E-state index is 0.608. The zero-order valence-corrected chi connectivity index (χ0v) is 13.0. The second kappa shape index (κ2) is 8.28. The molecule has 4 heteroatoms. The highest BCUT2D eigenvalue weighted by atomic mass is 35.5. The van der Waals surface area contributed by atoms with Gasteiger partial charge < -0.3 is 14.8 Å². The first-order chi connectivity index (χ1) is 9.08. The standard InChI is InChI=1S/C15H24ClNO2/c1-5-19-15-12(10-17-7-6-11(2)3)8-13(16)9-14(15)18-4/h8-9,11,17H,5-7,10H2,1-4H3. The molecule has 1 N–H and O–H groups in total. The van der Waals surface area contributed by atoms with Crippen molar-refractivity contribution in [1.29, 1.82) is 0 Å². The lowest BCUT2D eigenvalue weighted by Crippen LogP contribution is -2.17. The predicted molar refractivity (Wildman–Crippen MR) is 80.3 cm³/mol. The van der Waals surface area contributed by atoms with Gasteiger partial charge >= 0.3 is 0 Å². The normalized spacial score (nSPS) is 10.8. The predicted octanol–water partition coefficient (Wildman–Crippen LogP) is 3.88. The highest BCUT2D eigenvalue weighted by Crippen LogP contribution is 2.34.